The van der Waals surface area contributed by atoms with Crippen molar-refractivity contribution in [3.05, 3.63) is 70.0 Å². The first-order valence-electron chi connectivity index (χ1n) is 12.5. The Bertz CT molecular complexity index is 1200. The van der Waals surface area contributed by atoms with E-state index in [0.717, 1.165) is 18.9 Å². The van der Waals surface area contributed by atoms with E-state index in [1.165, 1.54) is 12.1 Å². The number of carboxylic acid groups (broad SMARTS) is 1. The molecule has 39 heavy (non-hydrogen) atoms. The van der Waals surface area contributed by atoms with E-state index in [2.05, 4.69) is 5.32 Å². The monoisotopic (exact) mass is 560 g/mol. The number of rotatable bonds is 8. The van der Waals surface area contributed by atoms with Gasteiger partial charge in [-0.2, -0.15) is 26.3 Å². The number of likely N-dealkylation sites (tertiary alicyclic amines) is 1. The Kier molecular flexibility index (Phi) is 7.98. The number of amides is 1. The molecule has 2 fully saturated rings. The van der Waals surface area contributed by atoms with Crippen molar-refractivity contribution in [3.8, 4) is 0 Å². The van der Waals surface area contributed by atoms with Crippen LogP contribution in [0.25, 0.3) is 0 Å². The van der Waals surface area contributed by atoms with E-state index in [4.69, 9.17) is 5.11 Å². The van der Waals surface area contributed by atoms with Crippen LogP contribution in [-0.2, 0) is 30.2 Å². The molecule has 2 aromatic rings. The number of benzene rings is 2. The van der Waals surface area contributed by atoms with Gasteiger partial charge in [-0.15, -0.1) is 0 Å². The number of carbonyl (C=O) groups excluding carboxylic acids is 1. The van der Waals surface area contributed by atoms with E-state index in [9.17, 15) is 40.3 Å². The highest BCUT2D eigenvalue weighted by Crippen LogP contribution is 2.46. The number of aromatic carboxylic acids is 1. The van der Waals surface area contributed by atoms with E-state index in [1.54, 1.807) is 0 Å². The van der Waals surface area contributed by atoms with E-state index in [0.29, 0.717) is 62.5 Å². The van der Waals surface area contributed by atoms with Gasteiger partial charge in [0.15, 0.2) is 0 Å². The van der Waals surface area contributed by atoms with Gasteiger partial charge in [-0.05, 0) is 79.7 Å². The molecule has 0 radical (unpaired) electrons. The number of hydrogen-bond donors (Lipinski definition) is 2. The molecule has 2 N–H and O–H groups in total. The molecule has 2 aromatic carbocycles. The van der Waals surface area contributed by atoms with Crippen molar-refractivity contribution >= 4 is 11.9 Å². The second kappa shape index (κ2) is 10.8. The lowest BCUT2D eigenvalue weighted by molar-refractivity contribution is -0.143. The molecule has 1 aliphatic heterocycles. The molecular weight excluding hydrogens is 533 g/mol. The Morgan fingerprint density at radius 2 is 1.51 bits per heavy atom. The minimum Gasteiger partial charge on any atom is -0.478 e. The van der Waals surface area contributed by atoms with Gasteiger partial charge in [0, 0.05) is 13.1 Å². The third kappa shape index (κ3) is 7.09. The van der Waals surface area contributed by atoms with Crippen molar-refractivity contribution in [3.63, 3.8) is 0 Å². The number of alkyl halides is 6. The Hall–Kier alpha value is -3.15. The Morgan fingerprint density at radius 1 is 0.923 bits per heavy atom. The largest absolute Gasteiger partial charge is 0.478 e. The zero-order valence-corrected chi connectivity index (χ0v) is 20.8. The van der Waals surface area contributed by atoms with Gasteiger partial charge in [-0.25, -0.2) is 9.18 Å². The van der Waals surface area contributed by atoms with E-state index in [1.807, 2.05) is 4.90 Å². The van der Waals surface area contributed by atoms with Crippen LogP contribution in [0.4, 0.5) is 30.7 Å². The van der Waals surface area contributed by atoms with Gasteiger partial charge in [0.25, 0.3) is 0 Å². The van der Waals surface area contributed by atoms with Gasteiger partial charge in [-0.1, -0.05) is 18.9 Å². The van der Waals surface area contributed by atoms with Crippen LogP contribution in [0, 0.1) is 17.2 Å². The summed E-state index contributed by atoms with van der Waals surface area (Å²) in [6.45, 7) is 0.783. The molecule has 4 rings (SSSR count). The third-order valence-corrected chi connectivity index (χ3v) is 7.44. The highest BCUT2D eigenvalue weighted by Gasteiger charge is 2.45. The summed E-state index contributed by atoms with van der Waals surface area (Å²) in [7, 11) is 0. The molecule has 2 aliphatic rings. The number of carboxylic acids is 1. The fraction of sp³-hybridized carbons (Fsp3) is 0.481. The maximum atomic E-state index is 13.7. The maximum Gasteiger partial charge on any atom is 0.416 e. The van der Waals surface area contributed by atoms with Crippen LogP contribution in [0.15, 0.2) is 36.4 Å². The maximum absolute atomic E-state index is 13.7. The first-order valence-corrected chi connectivity index (χ1v) is 12.5. The number of nitrogens with zero attached hydrogens (tertiary/aromatic N) is 1. The van der Waals surface area contributed by atoms with Crippen molar-refractivity contribution in [2.45, 2.75) is 57.5 Å². The average Bonchev–Trinajstić information content (AvgIpc) is 3.67. The predicted octanol–water partition coefficient (Wildman–Crippen LogP) is 6.26. The van der Waals surface area contributed by atoms with Gasteiger partial charge in [0.05, 0.1) is 22.1 Å². The molecule has 12 heteroatoms. The molecule has 212 valence electrons. The number of carbonyl (C=O) groups is 2. The van der Waals surface area contributed by atoms with Gasteiger partial charge in [-0.3, -0.25) is 9.69 Å². The Balaban J connectivity index is 1.45. The first-order chi connectivity index (χ1) is 18.2. The van der Waals surface area contributed by atoms with Crippen molar-refractivity contribution in [1.82, 2.24) is 10.2 Å². The lowest BCUT2D eigenvalue weighted by Gasteiger charge is -2.41. The molecule has 1 amide bonds. The number of halogens is 7. The smallest absolute Gasteiger partial charge is 0.416 e. The summed E-state index contributed by atoms with van der Waals surface area (Å²) >= 11 is 0. The van der Waals surface area contributed by atoms with Crippen molar-refractivity contribution in [2.75, 3.05) is 13.1 Å². The number of piperidine rings is 1. The van der Waals surface area contributed by atoms with E-state index >= 15 is 0 Å². The first kappa shape index (κ1) is 28.8. The van der Waals surface area contributed by atoms with Gasteiger partial charge >= 0.3 is 18.3 Å². The Labute approximate surface area is 220 Å². The van der Waals surface area contributed by atoms with Crippen LogP contribution in [0.3, 0.4) is 0 Å². The summed E-state index contributed by atoms with van der Waals surface area (Å²) < 4.78 is 92.9. The topological polar surface area (TPSA) is 69.6 Å². The van der Waals surface area contributed by atoms with Crippen molar-refractivity contribution < 1.29 is 45.4 Å². The molecule has 1 heterocycles. The summed E-state index contributed by atoms with van der Waals surface area (Å²) in [6.07, 6.45) is -6.64. The van der Waals surface area contributed by atoms with Crippen molar-refractivity contribution in [2.24, 2.45) is 11.3 Å². The van der Waals surface area contributed by atoms with Gasteiger partial charge < -0.3 is 10.4 Å². The second-order valence-electron chi connectivity index (χ2n) is 10.4. The third-order valence-electron chi connectivity index (χ3n) is 7.44. The standard InChI is InChI=1S/C27H27F7N2O3/c28-22-4-3-17(11-21(22)23(37)38)15-36-7-5-25(6-8-36,13-16-1-2-16)24(39)35-14-18-9-19(26(29,30)31)12-20(10-18)27(32,33)34/h3-4,9-12,16H,1-2,5-8,13-15H2,(H,35,39)(H,37,38). The van der Waals surface area contributed by atoms with E-state index in [-0.39, 0.29) is 11.6 Å². The van der Waals surface area contributed by atoms with Crippen LogP contribution >= 0.6 is 0 Å². The SMILES string of the molecule is O=C(O)c1cc(CN2CCC(CC3CC3)(C(=O)NCc3cc(C(F)(F)F)cc(C(F)(F)F)c3)CC2)ccc1F. The van der Waals surface area contributed by atoms with E-state index < -0.39 is 58.7 Å². The minimum absolute atomic E-state index is 0.0518. The van der Waals surface area contributed by atoms with Gasteiger partial charge in [0.2, 0.25) is 5.91 Å². The fourth-order valence-corrected chi connectivity index (χ4v) is 5.12. The molecule has 0 aromatic heterocycles. The van der Waals surface area contributed by atoms with Gasteiger partial charge in [0.1, 0.15) is 5.82 Å². The van der Waals surface area contributed by atoms with Crippen LogP contribution < -0.4 is 5.32 Å². The molecule has 0 unspecified atom stereocenters. The summed E-state index contributed by atoms with van der Waals surface area (Å²) in [5, 5.41) is 11.7. The highest BCUT2D eigenvalue weighted by molar-refractivity contribution is 5.88. The quantitative estimate of drug-likeness (QED) is 0.374. The summed E-state index contributed by atoms with van der Waals surface area (Å²) in [5.41, 5.74) is -3.83. The molecule has 1 saturated heterocycles. The molecular formula is C27H27F7N2O3. The molecule has 0 spiro atoms. The summed E-state index contributed by atoms with van der Waals surface area (Å²) in [4.78, 5) is 26.6. The highest BCUT2D eigenvalue weighted by atomic mass is 19.4. The number of nitrogens with one attached hydrogen (secondary N) is 1. The van der Waals surface area contributed by atoms with Crippen LogP contribution in [0.2, 0.25) is 0 Å². The summed E-state index contributed by atoms with van der Waals surface area (Å²) in [5.74, 6) is -2.29. The zero-order chi connectivity index (χ0) is 28.6. The number of hydrogen-bond acceptors (Lipinski definition) is 3. The molecule has 0 bridgehead atoms. The second-order valence-corrected chi connectivity index (χ2v) is 10.4. The predicted molar refractivity (Wildman–Crippen MR) is 126 cm³/mol. The minimum atomic E-state index is -4.98. The summed E-state index contributed by atoms with van der Waals surface area (Å²) in [6, 6.07) is 5.12. The van der Waals surface area contributed by atoms with Crippen LogP contribution in [0.1, 0.15) is 64.7 Å². The average molecular weight is 561 g/mol. The molecule has 1 aliphatic carbocycles. The van der Waals surface area contributed by atoms with Crippen LogP contribution in [-0.4, -0.2) is 35.0 Å². The van der Waals surface area contributed by atoms with Crippen molar-refractivity contribution in [1.29, 1.82) is 0 Å². The lowest BCUT2D eigenvalue weighted by atomic mass is 9.73. The molecule has 1 saturated carbocycles. The zero-order valence-electron chi connectivity index (χ0n) is 20.8. The lowest BCUT2D eigenvalue weighted by Crippen LogP contribution is -2.48. The normalized spacial score (nSPS) is 18.1. The fourth-order valence-electron chi connectivity index (χ4n) is 5.12. The Morgan fingerprint density at radius 3 is 2.03 bits per heavy atom. The molecule has 0 atom stereocenters. The molecule has 5 nitrogen and oxygen atoms in total. The van der Waals surface area contributed by atoms with Crippen LogP contribution in [0.5, 0.6) is 0 Å².